The summed E-state index contributed by atoms with van der Waals surface area (Å²) in [6, 6.07) is 16.0. The number of rotatable bonds is 8. The molecular weight excluding hydrogens is 596 g/mol. The molecule has 2 aromatic carbocycles. The van der Waals surface area contributed by atoms with Gasteiger partial charge in [0.2, 0.25) is 0 Å². The van der Waals surface area contributed by atoms with E-state index >= 15 is 0 Å². The lowest BCUT2D eigenvalue weighted by atomic mass is 10.1. The number of nitrogens with two attached hydrogens (primary N) is 1. The van der Waals surface area contributed by atoms with Crippen molar-refractivity contribution in [2.75, 3.05) is 42.4 Å². The minimum Gasteiger partial charge on any atom is -0.373 e. The molecule has 4 aromatic heterocycles. The van der Waals surface area contributed by atoms with Crippen LogP contribution < -0.4 is 32.3 Å². The second-order valence-electron chi connectivity index (χ2n) is 11.1. The van der Waals surface area contributed by atoms with E-state index in [0.717, 1.165) is 28.3 Å². The molecule has 14 nitrogen and oxygen atoms in total. The molecule has 0 atom stereocenters. The van der Waals surface area contributed by atoms with Gasteiger partial charge in [0.15, 0.2) is 11.3 Å². The molecule has 0 aliphatic carbocycles. The Hall–Kier alpha value is -6.18. The van der Waals surface area contributed by atoms with E-state index in [1.165, 1.54) is 23.5 Å². The lowest BCUT2D eigenvalue weighted by molar-refractivity contribution is 0.0962. The highest BCUT2D eigenvalue weighted by Gasteiger charge is 2.17. The van der Waals surface area contributed by atoms with E-state index < -0.39 is 5.91 Å². The molecule has 0 unspecified atom stereocenters. The second-order valence-corrected chi connectivity index (χ2v) is 11.1. The predicted molar refractivity (Wildman–Crippen MR) is 185 cm³/mol. The number of hydrogen-bond acceptors (Lipinski definition) is 10. The van der Waals surface area contributed by atoms with Gasteiger partial charge in [0.05, 0.1) is 12.4 Å². The molecule has 0 radical (unpaired) electrons. The molecule has 4 heterocycles. The number of fused-ring (bicyclic) bond motifs is 2. The first-order valence-electron chi connectivity index (χ1n) is 14.8. The van der Waals surface area contributed by atoms with Gasteiger partial charge in [0, 0.05) is 44.7 Å². The fourth-order valence-corrected chi connectivity index (χ4v) is 5.27. The summed E-state index contributed by atoms with van der Waals surface area (Å²) in [6.45, 7) is 8.18. The van der Waals surface area contributed by atoms with Crippen LogP contribution in [0, 0.1) is 27.7 Å². The number of benzene rings is 2. The number of anilines is 6. The first kappa shape index (κ1) is 32.2. The van der Waals surface area contributed by atoms with Gasteiger partial charge >= 0.3 is 0 Å². The van der Waals surface area contributed by atoms with Gasteiger partial charge in [0.25, 0.3) is 11.8 Å². The second kappa shape index (κ2) is 13.4. The zero-order chi connectivity index (χ0) is 33.8. The number of nitrogens with zero attached hydrogens (tertiary/aromatic N) is 6. The van der Waals surface area contributed by atoms with E-state index in [9.17, 15) is 9.59 Å². The number of aryl methyl sites for hydroxylation is 4. The fourth-order valence-electron chi connectivity index (χ4n) is 5.27. The molecule has 0 fully saturated rings. The van der Waals surface area contributed by atoms with Crippen molar-refractivity contribution in [3.8, 4) is 0 Å². The first-order chi connectivity index (χ1) is 22.5. The molecule has 2 amide bonds. The smallest absolute Gasteiger partial charge is 0.256 e. The summed E-state index contributed by atoms with van der Waals surface area (Å²) in [5, 5.41) is 23.7. The van der Waals surface area contributed by atoms with Crippen molar-refractivity contribution < 1.29 is 9.59 Å². The maximum absolute atomic E-state index is 12.0. The summed E-state index contributed by atoms with van der Waals surface area (Å²) < 4.78 is 3.16. The molecular formula is C33H38N12O2. The zero-order valence-electron chi connectivity index (χ0n) is 27.4. The Kier molecular flexibility index (Phi) is 9.21. The van der Waals surface area contributed by atoms with E-state index in [1.54, 1.807) is 30.2 Å². The van der Waals surface area contributed by atoms with Crippen LogP contribution in [0.2, 0.25) is 0 Å². The number of aromatic nitrogens is 6. The zero-order valence-corrected chi connectivity index (χ0v) is 27.4. The highest BCUT2D eigenvalue weighted by molar-refractivity contribution is 6.00. The van der Waals surface area contributed by atoms with Gasteiger partial charge in [-0.1, -0.05) is 12.1 Å². The van der Waals surface area contributed by atoms with Crippen LogP contribution in [0.25, 0.3) is 11.3 Å². The van der Waals surface area contributed by atoms with Crippen molar-refractivity contribution in [1.82, 2.24) is 34.5 Å². The van der Waals surface area contributed by atoms with Crippen molar-refractivity contribution >= 4 is 57.8 Å². The van der Waals surface area contributed by atoms with Gasteiger partial charge in [0.1, 0.15) is 34.4 Å². The van der Waals surface area contributed by atoms with Crippen LogP contribution in [-0.2, 0) is 0 Å². The van der Waals surface area contributed by atoms with E-state index in [2.05, 4.69) is 72.7 Å². The fraction of sp³-hybridized carbons (Fsp3) is 0.212. The van der Waals surface area contributed by atoms with Gasteiger partial charge in [-0.15, -0.1) is 0 Å². The Bertz CT molecular complexity index is 2070. The third-order valence-electron chi connectivity index (χ3n) is 7.18. The van der Waals surface area contributed by atoms with Gasteiger partial charge in [-0.2, -0.15) is 19.2 Å². The van der Waals surface area contributed by atoms with Gasteiger partial charge in [-0.05, 0) is 74.2 Å². The Balaban J connectivity index is 0.000000185. The minimum absolute atomic E-state index is 0.219. The summed E-state index contributed by atoms with van der Waals surface area (Å²) in [6.07, 6.45) is 2.94. The third kappa shape index (κ3) is 7.06. The van der Waals surface area contributed by atoms with Crippen LogP contribution in [0.1, 0.15) is 43.0 Å². The maximum Gasteiger partial charge on any atom is 0.256 e. The van der Waals surface area contributed by atoms with Crippen molar-refractivity contribution in [2.45, 2.75) is 27.7 Å². The molecule has 0 bridgehead atoms. The maximum atomic E-state index is 12.0. The number of carbonyl (C=O) groups excluding carboxylic acids is 2. The van der Waals surface area contributed by atoms with Crippen molar-refractivity contribution in [2.24, 2.45) is 5.73 Å². The number of hydrogen-bond donors (Lipinski definition) is 6. The molecule has 242 valence electrons. The third-order valence-corrected chi connectivity index (χ3v) is 7.18. The molecule has 0 saturated carbocycles. The van der Waals surface area contributed by atoms with Gasteiger partial charge in [-0.3, -0.25) is 9.59 Å². The van der Waals surface area contributed by atoms with Crippen LogP contribution in [-0.4, -0.2) is 62.2 Å². The monoisotopic (exact) mass is 634 g/mol. The lowest BCUT2D eigenvalue weighted by Gasteiger charge is -2.11. The highest BCUT2D eigenvalue weighted by Crippen LogP contribution is 2.25. The SMILES string of the molecule is CNC(=O)c1cnn2c(NC)cc(Nc3cc(C)cc(C)c3)nc12.CNc1cc(Nc2cc(C)cc(C)c2)nc2c(C(N)=O)cnn12. The Morgan fingerprint density at radius 1 is 0.617 bits per heavy atom. The molecule has 0 aliphatic heterocycles. The Morgan fingerprint density at radius 3 is 1.40 bits per heavy atom. The molecule has 6 rings (SSSR count). The van der Waals surface area contributed by atoms with Crippen molar-refractivity contribution in [1.29, 1.82) is 0 Å². The molecule has 6 aromatic rings. The van der Waals surface area contributed by atoms with E-state index in [0.29, 0.717) is 34.3 Å². The van der Waals surface area contributed by atoms with Crippen LogP contribution in [0.15, 0.2) is 60.9 Å². The quantitative estimate of drug-likeness (QED) is 0.137. The Labute approximate surface area is 271 Å². The van der Waals surface area contributed by atoms with E-state index in [4.69, 9.17) is 5.73 Å². The minimum atomic E-state index is -0.557. The van der Waals surface area contributed by atoms with Crippen LogP contribution >= 0.6 is 0 Å². The highest BCUT2D eigenvalue weighted by atomic mass is 16.2. The topological polar surface area (TPSA) is 181 Å². The normalized spacial score (nSPS) is 10.7. The van der Waals surface area contributed by atoms with E-state index in [-0.39, 0.29) is 11.5 Å². The number of primary amides is 1. The standard InChI is InChI=1S/C17H20N6O.C16H18N6O/c1-10-5-11(2)7-12(6-10)21-14-8-15(18-3)23-16(22-14)13(9-20-23)17(24)19-4;1-9-4-10(2)6-11(5-9)20-13-7-14(18-3)22-16(21-13)12(8-19-22)15(17)23/h5-9,18H,1-4H3,(H,19,24)(H,21,22);4-8,18H,1-3H3,(H2,17,23)(H,20,21). The lowest BCUT2D eigenvalue weighted by Crippen LogP contribution is -2.18. The number of nitrogens with one attached hydrogen (secondary N) is 5. The molecule has 0 aliphatic rings. The number of carbonyl (C=O) groups is 2. The van der Waals surface area contributed by atoms with Crippen LogP contribution in [0.4, 0.5) is 34.6 Å². The predicted octanol–water partition coefficient (Wildman–Crippen LogP) is 4.72. The van der Waals surface area contributed by atoms with Crippen molar-refractivity contribution in [3.05, 3.63) is 94.3 Å². The van der Waals surface area contributed by atoms with Crippen LogP contribution in [0.3, 0.4) is 0 Å². The largest absolute Gasteiger partial charge is 0.373 e. The average Bonchev–Trinajstić information content (AvgIpc) is 3.64. The summed E-state index contributed by atoms with van der Waals surface area (Å²) in [4.78, 5) is 32.5. The molecule has 7 N–H and O–H groups in total. The summed E-state index contributed by atoms with van der Waals surface area (Å²) >= 11 is 0. The molecule has 0 saturated heterocycles. The van der Waals surface area contributed by atoms with Gasteiger partial charge in [-0.25, -0.2) is 9.97 Å². The van der Waals surface area contributed by atoms with E-state index in [1.807, 2.05) is 50.2 Å². The molecule has 0 spiro atoms. The Morgan fingerprint density at radius 2 is 1.02 bits per heavy atom. The molecule has 14 heteroatoms. The average molecular weight is 635 g/mol. The number of amides is 2. The summed E-state index contributed by atoms with van der Waals surface area (Å²) in [5.74, 6) is 1.91. The summed E-state index contributed by atoms with van der Waals surface area (Å²) in [5.41, 5.74) is 13.5. The van der Waals surface area contributed by atoms with Crippen molar-refractivity contribution in [3.63, 3.8) is 0 Å². The molecule has 47 heavy (non-hydrogen) atoms. The first-order valence-corrected chi connectivity index (χ1v) is 14.8. The van der Waals surface area contributed by atoms with Crippen LogP contribution in [0.5, 0.6) is 0 Å². The van der Waals surface area contributed by atoms with Gasteiger partial charge < -0.3 is 32.3 Å². The summed E-state index contributed by atoms with van der Waals surface area (Å²) in [7, 11) is 5.17.